The zero-order valence-corrected chi connectivity index (χ0v) is 63.9. The van der Waals surface area contributed by atoms with Gasteiger partial charge in [0.15, 0.2) is 12.2 Å². The molecule has 3 N–H and O–H groups in total. The van der Waals surface area contributed by atoms with Crippen LogP contribution in [0, 0.1) is 17.8 Å². The number of phosphoric ester groups is 2. The first-order valence-electron chi connectivity index (χ1n) is 39.3. The van der Waals surface area contributed by atoms with E-state index in [1.165, 1.54) is 199 Å². The Balaban J connectivity index is 5.17. The van der Waals surface area contributed by atoms with E-state index in [-0.39, 0.29) is 25.7 Å². The van der Waals surface area contributed by atoms with Crippen LogP contribution in [-0.2, 0) is 65.4 Å². The number of carbonyl (C=O) groups is 4. The number of hydrogen-bond donors (Lipinski definition) is 3. The fourth-order valence-corrected chi connectivity index (χ4v) is 13.2. The number of unbranched alkanes of at least 4 members (excludes halogenated alkanes) is 42. The lowest BCUT2D eigenvalue weighted by Gasteiger charge is -2.21. The molecule has 0 aliphatic carbocycles. The first-order valence-corrected chi connectivity index (χ1v) is 42.3. The highest BCUT2D eigenvalue weighted by molar-refractivity contribution is 7.47. The van der Waals surface area contributed by atoms with Gasteiger partial charge in [-0.15, -0.1) is 0 Å². The van der Waals surface area contributed by atoms with Crippen molar-refractivity contribution in [2.24, 2.45) is 17.8 Å². The molecule has 0 spiro atoms. The maximum absolute atomic E-state index is 13.1. The average Bonchev–Trinajstić information content (AvgIpc) is 1.37. The SMILES string of the molecule is CCCCCCCCCCCC(=O)OC[C@H](COP(=O)(O)OC[C@H](O)COP(=O)(O)OC[C@@H](COC(=O)CCCCCCCCCCCCCCCC(C)C)OC(=O)CCCCCCCCCCCCCCCCCCCCC(C)C)OC(=O)CCCCCCCCC(C)C. The van der Waals surface area contributed by atoms with Crippen molar-refractivity contribution < 1.29 is 80.2 Å². The third kappa shape index (κ3) is 70.3. The van der Waals surface area contributed by atoms with Gasteiger partial charge in [0.1, 0.15) is 19.3 Å². The molecule has 0 aliphatic rings. The van der Waals surface area contributed by atoms with Crippen LogP contribution in [0.25, 0.3) is 0 Å². The number of carbonyl (C=O) groups excluding carboxylic acids is 4. The van der Waals surface area contributed by atoms with E-state index in [1.54, 1.807) is 0 Å². The Hall–Kier alpha value is -1.94. The molecule has 0 saturated carbocycles. The van der Waals surface area contributed by atoms with Gasteiger partial charge in [0.2, 0.25) is 0 Å². The third-order valence-corrected chi connectivity index (χ3v) is 19.5. The number of aliphatic hydroxyl groups excluding tert-OH is 1. The molecule has 17 nitrogen and oxygen atoms in total. The van der Waals surface area contributed by atoms with Gasteiger partial charge in [-0.25, -0.2) is 9.13 Å². The molecular formula is C76H148O17P2. The van der Waals surface area contributed by atoms with Crippen molar-refractivity contribution in [3.8, 4) is 0 Å². The van der Waals surface area contributed by atoms with Crippen LogP contribution >= 0.6 is 15.6 Å². The van der Waals surface area contributed by atoms with Crippen molar-refractivity contribution in [1.82, 2.24) is 0 Å². The van der Waals surface area contributed by atoms with Gasteiger partial charge in [0, 0.05) is 25.7 Å². The molecule has 0 aromatic heterocycles. The van der Waals surface area contributed by atoms with Gasteiger partial charge in [0.05, 0.1) is 26.4 Å². The van der Waals surface area contributed by atoms with E-state index in [4.69, 9.17) is 37.0 Å². The smallest absolute Gasteiger partial charge is 0.462 e. The van der Waals surface area contributed by atoms with Crippen molar-refractivity contribution in [2.75, 3.05) is 39.6 Å². The summed E-state index contributed by atoms with van der Waals surface area (Å²) < 4.78 is 68.4. The molecular weight excluding hydrogens is 1250 g/mol. The van der Waals surface area contributed by atoms with Gasteiger partial charge in [0.25, 0.3) is 0 Å². The van der Waals surface area contributed by atoms with Crippen molar-refractivity contribution in [1.29, 1.82) is 0 Å². The van der Waals surface area contributed by atoms with Crippen LogP contribution in [0.2, 0.25) is 0 Å². The highest BCUT2D eigenvalue weighted by Crippen LogP contribution is 2.45. The average molecular weight is 1400 g/mol. The zero-order valence-electron chi connectivity index (χ0n) is 62.1. The fourth-order valence-electron chi connectivity index (χ4n) is 11.6. The van der Waals surface area contributed by atoms with E-state index in [9.17, 15) is 43.2 Å². The number of hydrogen-bond acceptors (Lipinski definition) is 15. The van der Waals surface area contributed by atoms with E-state index in [0.717, 1.165) is 102 Å². The third-order valence-electron chi connectivity index (χ3n) is 17.6. The summed E-state index contributed by atoms with van der Waals surface area (Å²) in [6.07, 6.45) is 53.0. The Labute approximate surface area is 581 Å². The molecule has 0 amide bonds. The van der Waals surface area contributed by atoms with E-state index in [0.29, 0.717) is 31.6 Å². The van der Waals surface area contributed by atoms with Crippen LogP contribution in [0.5, 0.6) is 0 Å². The number of ether oxygens (including phenoxy) is 4. The largest absolute Gasteiger partial charge is 0.472 e. The maximum atomic E-state index is 13.1. The van der Waals surface area contributed by atoms with Gasteiger partial charge in [-0.1, -0.05) is 337 Å². The topological polar surface area (TPSA) is 237 Å². The Morgan fingerprint density at radius 3 is 0.716 bits per heavy atom. The zero-order chi connectivity index (χ0) is 70.1. The second-order valence-corrected chi connectivity index (χ2v) is 31.7. The molecule has 0 rings (SSSR count). The molecule has 564 valence electrons. The number of esters is 4. The summed E-state index contributed by atoms with van der Waals surface area (Å²) in [6, 6.07) is 0. The second-order valence-electron chi connectivity index (χ2n) is 28.8. The van der Waals surface area contributed by atoms with Gasteiger partial charge >= 0.3 is 39.5 Å². The monoisotopic (exact) mass is 1400 g/mol. The number of rotatable bonds is 74. The Morgan fingerprint density at radius 2 is 0.484 bits per heavy atom. The molecule has 0 aromatic rings. The highest BCUT2D eigenvalue weighted by Gasteiger charge is 2.30. The van der Waals surface area contributed by atoms with Crippen molar-refractivity contribution in [3.05, 3.63) is 0 Å². The highest BCUT2D eigenvalue weighted by atomic mass is 31.2. The maximum Gasteiger partial charge on any atom is 0.472 e. The Kier molecular flexibility index (Phi) is 65.2. The molecule has 0 radical (unpaired) electrons. The number of phosphoric acid groups is 2. The molecule has 5 atom stereocenters. The van der Waals surface area contributed by atoms with Crippen LogP contribution in [-0.4, -0.2) is 96.7 Å². The van der Waals surface area contributed by atoms with E-state index < -0.39 is 97.5 Å². The minimum Gasteiger partial charge on any atom is -0.462 e. The lowest BCUT2D eigenvalue weighted by Crippen LogP contribution is -2.30. The quantitative estimate of drug-likeness (QED) is 0.0222. The Bertz CT molecular complexity index is 1850. The van der Waals surface area contributed by atoms with Crippen LogP contribution < -0.4 is 0 Å². The minimum absolute atomic E-state index is 0.102. The van der Waals surface area contributed by atoms with Crippen LogP contribution in [0.3, 0.4) is 0 Å². The minimum atomic E-state index is -4.96. The van der Waals surface area contributed by atoms with Crippen molar-refractivity contribution in [3.63, 3.8) is 0 Å². The van der Waals surface area contributed by atoms with Gasteiger partial charge in [-0.3, -0.25) is 37.3 Å². The Morgan fingerprint density at radius 1 is 0.284 bits per heavy atom. The molecule has 0 aliphatic heterocycles. The predicted octanol–water partition coefficient (Wildman–Crippen LogP) is 22.2. The fraction of sp³-hybridized carbons (Fsp3) is 0.947. The summed E-state index contributed by atoms with van der Waals surface area (Å²) in [5.41, 5.74) is 0. The second kappa shape index (κ2) is 66.6. The van der Waals surface area contributed by atoms with Gasteiger partial charge in [-0.2, -0.15) is 0 Å². The van der Waals surface area contributed by atoms with Crippen LogP contribution in [0.15, 0.2) is 0 Å². The van der Waals surface area contributed by atoms with E-state index in [1.807, 2.05) is 0 Å². The van der Waals surface area contributed by atoms with Crippen molar-refractivity contribution >= 4 is 39.5 Å². The molecule has 0 aromatic carbocycles. The molecule has 0 heterocycles. The van der Waals surface area contributed by atoms with Crippen molar-refractivity contribution in [2.45, 2.75) is 407 Å². The first kappa shape index (κ1) is 93.1. The lowest BCUT2D eigenvalue weighted by molar-refractivity contribution is -0.161. The van der Waals surface area contributed by atoms with E-state index >= 15 is 0 Å². The molecule has 19 heteroatoms. The lowest BCUT2D eigenvalue weighted by atomic mass is 10.0. The summed E-state index contributed by atoms with van der Waals surface area (Å²) in [7, 11) is -9.91. The standard InChI is InChI=1S/C76H148O17P2/c1-8-9-10-11-12-28-35-43-50-57-73(78)86-64-72(93-76(81)60-53-46-39-38-42-49-56-69(6)7)66-91-95(84,85)89-62-70(77)61-88-94(82,83)90-65-71(63-87-74(79)58-51-44-36-31-26-23-19-21-25-30-34-41-48-55-68(4)5)92-75(80)59-52-45-37-32-27-22-18-16-14-13-15-17-20-24-29-33-40-47-54-67(2)3/h67-72,77H,8-66H2,1-7H3,(H,82,83)(H,84,85)/t70-,71-,72-/m1/s1. The van der Waals surface area contributed by atoms with Gasteiger partial charge < -0.3 is 33.8 Å². The molecule has 0 saturated heterocycles. The normalized spacial score (nSPS) is 14.1. The molecule has 95 heavy (non-hydrogen) atoms. The molecule has 0 fully saturated rings. The first-order chi connectivity index (χ1) is 45.7. The van der Waals surface area contributed by atoms with Gasteiger partial charge in [-0.05, 0) is 43.4 Å². The van der Waals surface area contributed by atoms with Crippen LogP contribution in [0.4, 0.5) is 0 Å². The van der Waals surface area contributed by atoms with Crippen LogP contribution in [0.1, 0.15) is 389 Å². The summed E-state index contributed by atoms with van der Waals surface area (Å²) in [5.74, 6) is 0.157. The summed E-state index contributed by atoms with van der Waals surface area (Å²) in [6.45, 7) is 11.8. The molecule has 0 bridgehead atoms. The summed E-state index contributed by atoms with van der Waals surface area (Å²) in [4.78, 5) is 72.7. The molecule has 2 unspecified atom stereocenters. The van der Waals surface area contributed by atoms with E-state index in [2.05, 4.69) is 48.5 Å². The summed E-state index contributed by atoms with van der Waals surface area (Å²) in [5, 5.41) is 10.6. The number of aliphatic hydroxyl groups is 1. The predicted molar refractivity (Wildman–Crippen MR) is 386 cm³/mol. The summed E-state index contributed by atoms with van der Waals surface area (Å²) >= 11 is 0.